The Balaban J connectivity index is 0.000000405. The van der Waals surface area contributed by atoms with E-state index in [9.17, 15) is 9.59 Å². The van der Waals surface area contributed by atoms with Gasteiger partial charge in [0.25, 0.3) is 0 Å². The van der Waals surface area contributed by atoms with E-state index in [4.69, 9.17) is 10.2 Å². The summed E-state index contributed by atoms with van der Waals surface area (Å²) >= 11 is 0. The molecule has 0 radical (unpaired) electrons. The first kappa shape index (κ1) is 15.9. The summed E-state index contributed by atoms with van der Waals surface area (Å²) in [5, 5.41) is 26.3. The van der Waals surface area contributed by atoms with Gasteiger partial charge in [-0.15, -0.1) is 0 Å². The fourth-order valence-electron chi connectivity index (χ4n) is 0.922. The van der Waals surface area contributed by atoms with Crippen LogP contribution < -0.4 is 0 Å². The standard InChI is InChI=1S/C8H6O4.C2H3N3.Zn/c9-7(10)5-1-2-6(4-3-5)8(11)12;1-2-4-5-3-1;/h1-4H,(H,9,10)(H,11,12);1-2H,(H,3,4,5);. The molecule has 0 fully saturated rings. The Bertz CT molecular complexity index is 434. The normalized spacial score (nSPS) is 8.44. The number of hydrogen-bond donors (Lipinski definition) is 3. The van der Waals surface area contributed by atoms with Crippen molar-refractivity contribution in [2.45, 2.75) is 0 Å². The number of nitrogens with one attached hydrogen (secondary N) is 1. The van der Waals surface area contributed by atoms with Crippen molar-refractivity contribution in [3.63, 3.8) is 0 Å². The number of hydrogen-bond acceptors (Lipinski definition) is 4. The number of carboxylic acids is 2. The van der Waals surface area contributed by atoms with Gasteiger partial charge in [0.05, 0.1) is 23.5 Å². The van der Waals surface area contributed by atoms with E-state index in [0.29, 0.717) is 0 Å². The molecule has 0 aliphatic carbocycles. The summed E-state index contributed by atoms with van der Waals surface area (Å²) in [6, 6.07) is 5.02. The summed E-state index contributed by atoms with van der Waals surface area (Å²) in [6.07, 6.45) is 3.17. The van der Waals surface area contributed by atoms with Crippen molar-refractivity contribution in [2.75, 3.05) is 0 Å². The van der Waals surface area contributed by atoms with Crippen LogP contribution in [0.2, 0.25) is 0 Å². The number of H-pyrrole nitrogens is 1. The second-order valence-electron chi connectivity index (χ2n) is 2.84. The van der Waals surface area contributed by atoms with Gasteiger partial charge in [0.2, 0.25) is 0 Å². The molecule has 0 saturated carbocycles. The van der Waals surface area contributed by atoms with Crippen molar-refractivity contribution in [3.8, 4) is 0 Å². The Morgan fingerprint density at radius 1 is 0.889 bits per heavy atom. The second kappa shape index (κ2) is 8.08. The van der Waals surface area contributed by atoms with E-state index in [-0.39, 0.29) is 30.6 Å². The number of benzene rings is 1. The monoisotopic (exact) mass is 299 g/mol. The molecule has 1 aromatic carbocycles. The van der Waals surface area contributed by atoms with E-state index in [0.717, 1.165) is 0 Å². The molecule has 0 aliphatic rings. The Kier molecular flexibility index (Phi) is 7.15. The molecule has 0 aliphatic heterocycles. The predicted molar refractivity (Wildman–Crippen MR) is 56.7 cm³/mol. The van der Waals surface area contributed by atoms with Crippen LogP contribution in [-0.2, 0) is 19.5 Å². The zero-order valence-corrected chi connectivity index (χ0v) is 12.2. The van der Waals surface area contributed by atoms with E-state index < -0.39 is 11.9 Å². The quantitative estimate of drug-likeness (QED) is 0.709. The van der Waals surface area contributed by atoms with E-state index in [1.165, 1.54) is 24.3 Å². The van der Waals surface area contributed by atoms with Crippen LogP contribution >= 0.6 is 0 Å². The third kappa shape index (κ3) is 5.31. The third-order valence-electron chi connectivity index (χ3n) is 1.71. The van der Waals surface area contributed by atoms with Crippen molar-refractivity contribution in [2.24, 2.45) is 0 Å². The molecule has 2 aromatic rings. The number of rotatable bonds is 2. The first-order chi connectivity index (χ1) is 8.11. The van der Waals surface area contributed by atoms with Crippen LogP contribution in [0.1, 0.15) is 20.7 Å². The van der Waals surface area contributed by atoms with Gasteiger partial charge in [0.1, 0.15) is 0 Å². The van der Waals surface area contributed by atoms with Crippen molar-refractivity contribution in [1.29, 1.82) is 0 Å². The minimum absolute atomic E-state index is 0. The predicted octanol–water partition coefficient (Wildman–Crippen LogP) is 0.885. The molecule has 0 saturated heterocycles. The van der Waals surface area contributed by atoms with Gasteiger partial charge >= 0.3 is 11.9 Å². The van der Waals surface area contributed by atoms with Crippen molar-refractivity contribution < 1.29 is 39.3 Å². The summed E-state index contributed by atoms with van der Waals surface area (Å²) in [7, 11) is 0. The summed E-state index contributed by atoms with van der Waals surface area (Å²) in [5.41, 5.74) is 0.167. The largest absolute Gasteiger partial charge is 0.478 e. The van der Waals surface area contributed by atoms with Crippen LogP contribution in [-0.4, -0.2) is 37.6 Å². The molecule has 0 amide bonds. The van der Waals surface area contributed by atoms with Gasteiger partial charge in [-0.05, 0) is 24.3 Å². The maximum absolute atomic E-state index is 10.3. The molecule has 0 atom stereocenters. The molecule has 3 N–H and O–H groups in total. The van der Waals surface area contributed by atoms with Crippen LogP contribution in [0.3, 0.4) is 0 Å². The Morgan fingerprint density at radius 3 is 1.39 bits per heavy atom. The zero-order chi connectivity index (χ0) is 12.7. The Hall–Kier alpha value is -2.08. The van der Waals surface area contributed by atoms with Crippen molar-refractivity contribution >= 4 is 11.9 Å². The van der Waals surface area contributed by atoms with Crippen LogP contribution in [0.5, 0.6) is 0 Å². The second-order valence-corrected chi connectivity index (χ2v) is 2.84. The average Bonchev–Trinajstić information content (AvgIpc) is 2.87. The third-order valence-corrected chi connectivity index (χ3v) is 1.71. The first-order valence-electron chi connectivity index (χ1n) is 4.47. The SMILES string of the molecule is O=C(O)c1ccc(C(=O)O)cc1.[Zn].c1cn[nH]n1. The molecule has 90 valence electrons. The molecule has 1 aromatic heterocycles. The molecule has 8 heteroatoms. The molecule has 1 heterocycles. The number of nitrogens with zero attached hydrogens (tertiary/aromatic N) is 2. The van der Waals surface area contributed by atoms with Gasteiger partial charge in [-0.2, -0.15) is 15.4 Å². The van der Waals surface area contributed by atoms with E-state index in [1.54, 1.807) is 12.4 Å². The smallest absolute Gasteiger partial charge is 0.335 e. The van der Waals surface area contributed by atoms with Gasteiger partial charge in [-0.3, -0.25) is 0 Å². The van der Waals surface area contributed by atoms with Gasteiger partial charge in [-0.25, -0.2) is 9.59 Å². The van der Waals surface area contributed by atoms with Gasteiger partial charge in [0.15, 0.2) is 0 Å². The van der Waals surface area contributed by atoms with Crippen LogP contribution in [0.4, 0.5) is 0 Å². The maximum Gasteiger partial charge on any atom is 0.335 e. The summed E-state index contributed by atoms with van der Waals surface area (Å²) in [6.45, 7) is 0. The topological polar surface area (TPSA) is 116 Å². The number of aromatic amines is 1. The maximum atomic E-state index is 10.3. The fraction of sp³-hybridized carbons (Fsp3) is 0. The molecule has 0 spiro atoms. The molecular weight excluding hydrogens is 292 g/mol. The molecule has 18 heavy (non-hydrogen) atoms. The van der Waals surface area contributed by atoms with Gasteiger partial charge in [0, 0.05) is 19.5 Å². The van der Waals surface area contributed by atoms with Crippen LogP contribution in [0, 0.1) is 0 Å². The number of carboxylic acid groups (broad SMARTS) is 2. The number of aromatic nitrogens is 3. The molecule has 0 unspecified atom stereocenters. The summed E-state index contributed by atoms with van der Waals surface area (Å²) in [5.74, 6) is -2.13. The number of carbonyl (C=O) groups is 2. The minimum atomic E-state index is -1.06. The minimum Gasteiger partial charge on any atom is -0.478 e. The van der Waals surface area contributed by atoms with Crippen LogP contribution in [0.15, 0.2) is 36.7 Å². The molecular formula is C10H9N3O4Zn. The summed E-state index contributed by atoms with van der Waals surface area (Å²) in [4.78, 5) is 20.7. The molecule has 2 rings (SSSR count). The van der Waals surface area contributed by atoms with Crippen molar-refractivity contribution in [1.82, 2.24) is 15.4 Å². The van der Waals surface area contributed by atoms with E-state index >= 15 is 0 Å². The Morgan fingerprint density at radius 2 is 1.22 bits per heavy atom. The van der Waals surface area contributed by atoms with Gasteiger partial charge in [-0.1, -0.05) is 0 Å². The zero-order valence-electron chi connectivity index (χ0n) is 9.28. The fourth-order valence-corrected chi connectivity index (χ4v) is 0.922. The van der Waals surface area contributed by atoms with E-state index in [2.05, 4.69) is 15.4 Å². The average molecular weight is 301 g/mol. The van der Waals surface area contributed by atoms with Gasteiger partial charge < -0.3 is 10.2 Å². The van der Waals surface area contributed by atoms with Crippen LogP contribution in [0.25, 0.3) is 0 Å². The Labute approximate surface area is 115 Å². The summed E-state index contributed by atoms with van der Waals surface area (Å²) < 4.78 is 0. The molecule has 0 bridgehead atoms. The molecule has 7 nitrogen and oxygen atoms in total. The first-order valence-corrected chi connectivity index (χ1v) is 4.47. The number of aromatic carboxylic acids is 2. The van der Waals surface area contributed by atoms with Crippen molar-refractivity contribution in [3.05, 3.63) is 47.8 Å². The van der Waals surface area contributed by atoms with E-state index in [1.807, 2.05) is 0 Å².